The lowest BCUT2D eigenvalue weighted by atomic mass is 10.0. The van der Waals surface area contributed by atoms with Crippen LogP contribution in [0.4, 0.5) is 13.2 Å². The number of para-hydroxylation sites is 1. The van der Waals surface area contributed by atoms with Crippen molar-refractivity contribution < 1.29 is 27.8 Å². The number of phenolic OH excluding ortho intramolecular Hbond substituents is 1. The Morgan fingerprint density at radius 1 is 1.12 bits per heavy atom. The summed E-state index contributed by atoms with van der Waals surface area (Å²) in [6, 6.07) is 9.94. The van der Waals surface area contributed by atoms with Gasteiger partial charge in [0.1, 0.15) is 5.75 Å². The van der Waals surface area contributed by atoms with Gasteiger partial charge in [0.2, 0.25) is 0 Å². The van der Waals surface area contributed by atoms with E-state index in [1.807, 2.05) is 0 Å². The van der Waals surface area contributed by atoms with E-state index in [0.717, 1.165) is 12.1 Å². The highest BCUT2D eigenvalue weighted by Crippen LogP contribution is 2.32. The number of phenols is 1. The monoisotopic (exact) mass is 460 g/mol. The third-order valence-electron chi connectivity index (χ3n) is 4.54. The Bertz CT molecular complexity index is 1360. The van der Waals surface area contributed by atoms with Crippen LogP contribution in [0.25, 0.3) is 28.2 Å². The number of methoxy groups -OCH3 is 1. The summed E-state index contributed by atoms with van der Waals surface area (Å²) in [5.41, 5.74) is 0.919. The number of thiazole rings is 1. The van der Waals surface area contributed by atoms with Crippen LogP contribution in [0.5, 0.6) is 17.2 Å². The van der Waals surface area contributed by atoms with E-state index in [0.29, 0.717) is 21.8 Å². The number of benzene rings is 2. The molecular weight excluding hydrogens is 445 g/mol. The van der Waals surface area contributed by atoms with Crippen LogP contribution in [0, 0.1) is 0 Å². The molecule has 4 rings (SSSR count). The van der Waals surface area contributed by atoms with Crippen LogP contribution < -0.4 is 15.0 Å². The number of ether oxygens (including phenoxy) is 2. The lowest BCUT2D eigenvalue weighted by Gasteiger charge is -2.10. The minimum atomic E-state index is -4.81. The number of rotatable bonds is 5. The molecule has 4 aromatic rings. The summed E-state index contributed by atoms with van der Waals surface area (Å²) in [4.78, 5) is 18.1. The molecule has 0 saturated carbocycles. The van der Waals surface area contributed by atoms with Crippen molar-refractivity contribution in [3.63, 3.8) is 0 Å². The number of hydrogen-bond donors (Lipinski definition) is 1. The standard InChI is InChI=1S/C22H15F3N2O4S/c1-30-17-4-2-3-14(19(17)28)7-10-16-18(20(29)27-11-12-32-21(27)26-16)13-5-8-15(9-6-13)31-22(23,24)25/h2-12,28H,1H3/b10-7+. The molecule has 1 N–H and O–H groups in total. The number of halogens is 3. The summed E-state index contributed by atoms with van der Waals surface area (Å²) in [7, 11) is 1.43. The van der Waals surface area contributed by atoms with Crippen molar-refractivity contribution in [3.8, 4) is 28.4 Å². The summed E-state index contributed by atoms with van der Waals surface area (Å²) in [5.74, 6) is -0.186. The van der Waals surface area contributed by atoms with E-state index in [2.05, 4.69) is 9.72 Å². The summed E-state index contributed by atoms with van der Waals surface area (Å²) in [5, 5.41) is 12.0. The van der Waals surface area contributed by atoms with E-state index in [4.69, 9.17) is 4.74 Å². The number of fused-ring (bicyclic) bond motifs is 1. The van der Waals surface area contributed by atoms with Crippen molar-refractivity contribution in [2.75, 3.05) is 7.11 Å². The number of aromatic nitrogens is 2. The zero-order valence-electron chi connectivity index (χ0n) is 16.5. The summed E-state index contributed by atoms with van der Waals surface area (Å²) < 4.78 is 47.7. The molecule has 32 heavy (non-hydrogen) atoms. The molecule has 0 saturated heterocycles. The third kappa shape index (κ3) is 4.30. The van der Waals surface area contributed by atoms with Crippen molar-refractivity contribution in [1.29, 1.82) is 0 Å². The van der Waals surface area contributed by atoms with Gasteiger partial charge in [0, 0.05) is 17.1 Å². The average molecular weight is 460 g/mol. The van der Waals surface area contributed by atoms with E-state index < -0.39 is 12.1 Å². The lowest BCUT2D eigenvalue weighted by molar-refractivity contribution is -0.274. The van der Waals surface area contributed by atoms with Crippen LogP contribution in [0.1, 0.15) is 11.3 Å². The van der Waals surface area contributed by atoms with Gasteiger partial charge in [0.05, 0.1) is 18.4 Å². The van der Waals surface area contributed by atoms with Crippen molar-refractivity contribution >= 4 is 28.4 Å². The average Bonchev–Trinajstić information content (AvgIpc) is 3.22. The molecule has 0 spiro atoms. The van der Waals surface area contributed by atoms with Crippen LogP contribution >= 0.6 is 11.3 Å². The highest BCUT2D eigenvalue weighted by molar-refractivity contribution is 7.15. The Morgan fingerprint density at radius 3 is 2.56 bits per heavy atom. The highest BCUT2D eigenvalue weighted by Gasteiger charge is 2.31. The van der Waals surface area contributed by atoms with Gasteiger partial charge in [-0.1, -0.05) is 24.3 Å². The lowest BCUT2D eigenvalue weighted by Crippen LogP contribution is -2.18. The second-order valence-electron chi connectivity index (χ2n) is 6.54. The molecule has 0 atom stereocenters. The Hall–Kier alpha value is -3.79. The fraction of sp³-hybridized carbons (Fsp3) is 0.0909. The molecule has 0 unspecified atom stereocenters. The molecule has 164 valence electrons. The number of aromatic hydroxyl groups is 1. The highest BCUT2D eigenvalue weighted by atomic mass is 32.1. The van der Waals surface area contributed by atoms with E-state index in [1.165, 1.54) is 35.0 Å². The Kier molecular flexibility index (Phi) is 5.62. The van der Waals surface area contributed by atoms with Gasteiger partial charge in [-0.3, -0.25) is 9.20 Å². The molecule has 0 radical (unpaired) electrons. The molecule has 0 aliphatic rings. The second kappa shape index (κ2) is 8.39. The van der Waals surface area contributed by atoms with Gasteiger partial charge in [-0.25, -0.2) is 4.98 Å². The summed E-state index contributed by atoms with van der Waals surface area (Å²) >= 11 is 1.26. The van der Waals surface area contributed by atoms with Crippen molar-refractivity contribution in [2.24, 2.45) is 0 Å². The van der Waals surface area contributed by atoms with Crippen molar-refractivity contribution in [2.45, 2.75) is 6.36 Å². The molecule has 2 aromatic carbocycles. The van der Waals surface area contributed by atoms with E-state index in [1.54, 1.807) is 41.9 Å². The molecule has 0 aliphatic heterocycles. The van der Waals surface area contributed by atoms with Crippen LogP contribution in [0.15, 0.2) is 58.8 Å². The fourth-order valence-corrected chi connectivity index (χ4v) is 3.83. The number of nitrogens with zero attached hydrogens (tertiary/aromatic N) is 2. The third-order valence-corrected chi connectivity index (χ3v) is 5.30. The molecule has 0 fully saturated rings. The minimum absolute atomic E-state index is 0.0737. The smallest absolute Gasteiger partial charge is 0.504 e. The quantitative estimate of drug-likeness (QED) is 0.443. The molecule has 6 nitrogen and oxygen atoms in total. The van der Waals surface area contributed by atoms with E-state index >= 15 is 0 Å². The maximum absolute atomic E-state index is 13.1. The van der Waals surface area contributed by atoms with Crippen LogP contribution in [-0.2, 0) is 0 Å². The van der Waals surface area contributed by atoms with Crippen molar-refractivity contribution in [3.05, 3.63) is 75.7 Å². The molecule has 0 amide bonds. The fourth-order valence-electron chi connectivity index (χ4n) is 3.12. The minimum Gasteiger partial charge on any atom is -0.504 e. The Labute approximate surface area is 183 Å². The first-order valence-electron chi connectivity index (χ1n) is 9.17. The first-order valence-corrected chi connectivity index (χ1v) is 10.0. The maximum atomic E-state index is 13.1. The largest absolute Gasteiger partial charge is 0.573 e. The zero-order valence-corrected chi connectivity index (χ0v) is 17.3. The van der Waals surface area contributed by atoms with Crippen LogP contribution in [0.3, 0.4) is 0 Å². The van der Waals surface area contributed by atoms with E-state index in [-0.39, 0.29) is 22.6 Å². The van der Waals surface area contributed by atoms with Crippen LogP contribution in [0.2, 0.25) is 0 Å². The normalized spacial score (nSPS) is 11.9. The molecule has 10 heteroatoms. The van der Waals surface area contributed by atoms with Gasteiger partial charge in [-0.2, -0.15) is 0 Å². The zero-order chi connectivity index (χ0) is 22.9. The SMILES string of the molecule is COc1cccc(/C=C/c2nc3sccn3c(=O)c2-c2ccc(OC(F)(F)F)cc2)c1O. The maximum Gasteiger partial charge on any atom is 0.573 e. The van der Waals surface area contributed by atoms with Gasteiger partial charge in [0.15, 0.2) is 16.5 Å². The molecule has 2 heterocycles. The molecule has 0 aliphatic carbocycles. The van der Waals surface area contributed by atoms with Crippen LogP contribution in [-0.4, -0.2) is 28.0 Å². The van der Waals surface area contributed by atoms with Gasteiger partial charge < -0.3 is 14.6 Å². The number of alkyl halides is 3. The first kappa shape index (κ1) is 21.4. The summed E-state index contributed by atoms with van der Waals surface area (Å²) in [6.07, 6.45) is -0.106. The van der Waals surface area contributed by atoms with Crippen molar-refractivity contribution in [1.82, 2.24) is 9.38 Å². The first-order chi connectivity index (χ1) is 15.3. The number of hydrogen-bond acceptors (Lipinski definition) is 6. The molecular formula is C22H15F3N2O4S. The molecule has 0 bridgehead atoms. The van der Waals surface area contributed by atoms with Gasteiger partial charge in [-0.05, 0) is 35.9 Å². The Balaban J connectivity index is 1.82. The second-order valence-corrected chi connectivity index (χ2v) is 7.41. The van der Waals surface area contributed by atoms with E-state index in [9.17, 15) is 23.1 Å². The predicted molar refractivity (Wildman–Crippen MR) is 115 cm³/mol. The topological polar surface area (TPSA) is 73.1 Å². The van der Waals surface area contributed by atoms with Gasteiger partial charge in [-0.15, -0.1) is 24.5 Å². The Morgan fingerprint density at radius 2 is 1.88 bits per heavy atom. The summed E-state index contributed by atoms with van der Waals surface area (Å²) in [6.45, 7) is 0. The van der Waals surface area contributed by atoms with Gasteiger partial charge in [0.25, 0.3) is 5.56 Å². The molecule has 2 aromatic heterocycles. The van der Waals surface area contributed by atoms with Gasteiger partial charge >= 0.3 is 6.36 Å². The predicted octanol–water partition coefficient (Wildman–Crippen LogP) is 5.21.